The molecule has 4 rings (SSSR count). The summed E-state index contributed by atoms with van der Waals surface area (Å²) < 4.78 is 5.27. The molecule has 170 valence electrons. The summed E-state index contributed by atoms with van der Waals surface area (Å²) in [5.41, 5.74) is 3.30. The van der Waals surface area contributed by atoms with Crippen LogP contribution in [0.1, 0.15) is 43.5 Å². The van der Waals surface area contributed by atoms with E-state index in [1.165, 1.54) is 11.1 Å². The minimum Gasteiger partial charge on any atom is -0.393 e. The van der Waals surface area contributed by atoms with Crippen LogP contribution >= 0.6 is 0 Å². The second-order valence-electron chi connectivity index (χ2n) is 8.76. The lowest BCUT2D eigenvalue weighted by Crippen LogP contribution is -2.45. The average molecular weight is 443 g/mol. The highest BCUT2D eigenvalue weighted by Gasteiger charge is 2.42. The smallest absolute Gasteiger partial charge is 0.393 e. The molecule has 3 unspecified atom stereocenters. The van der Waals surface area contributed by atoms with Crippen molar-refractivity contribution in [2.75, 3.05) is 7.05 Å². The molecule has 1 aliphatic rings. The zero-order valence-corrected chi connectivity index (χ0v) is 19.3. The van der Waals surface area contributed by atoms with E-state index in [1.54, 1.807) is 24.3 Å². The highest BCUT2D eigenvalue weighted by Crippen LogP contribution is 2.45. The van der Waals surface area contributed by atoms with Crippen molar-refractivity contribution >= 4 is 11.9 Å². The van der Waals surface area contributed by atoms with E-state index in [9.17, 15) is 4.79 Å². The zero-order valence-electron chi connectivity index (χ0n) is 19.3. The van der Waals surface area contributed by atoms with Gasteiger partial charge in [-0.3, -0.25) is 9.74 Å². The third-order valence-corrected chi connectivity index (χ3v) is 6.28. The van der Waals surface area contributed by atoms with Gasteiger partial charge in [-0.1, -0.05) is 97.9 Å². The molecule has 0 N–H and O–H groups in total. The topological polar surface area (TPSA) is 51.1 Å². The van der Waals surface area contributed by atoms with Crippen molar-refractivity contribution in [3.05, 3.63) is 102 Å². The van der Waals surface area contributed by atoms with Gasteiger partial charge in [0.15, 0.2) is 0 Å². The number of piperidine rings is 1. The predicted molar refractivity (Wildman–Crippen MR) is 130 cm³/mol. The Balaban J connectivity index is 1.67. The molecule has 0 amide bonds. The average Bonchev–Trinajstić information content (AvgIpc) is 2.84. The van der Waals surface area contributed by atoms with Gasteiger partial charge in [-0.15, -0.1) is 0 Å². The highest BCUT2D eigenvalue weighted by atomic mass is 16.8. The van der Waals surface area contributed by atoms with Crippen molar-refractivity contribution in [1.29, 1.82) is 0 Å². The summed E-state index contributed by atoms with van der Waals surface area (Å²) >= 11 is 0. The lowest BCUT2D eigenvalue weighted by molar-refractivity contribution is 0.0863. The molecule has 3 atom stereocenters. The Labute approximate surface area is 195 Å². The van der Waals surface area contributed by atoms with Gasteiger partial charge in [0, 0.05) is 24.4 Å². The number of hydrogen-bond acceptors (Lipinski definition) is 5. The number of carbonyl (C=O) groups excluding carboxylic acids is 1. The van der Waals surface area contributed by atoms with Crippen molar-refractivity contribution in [2.45, 2.75) is 32.4 Å². The minimum absolute atomic E-state index is 0.0851. The standard InChI is InChI=1S/C28H30N2O3/c1-20(2)26-24(29-33-28(31)32-23-17-11-6-12-18-23)19-25(21-13-7-4-8-14-21)30(3)27(26)22-15-9-5-10-16-22/h4-18,20,25-27H,19H2,1-3H3/b29-24+. The minimum atomic E-state index is -0.831. The molecule has 3 aromatic carbocycles. The van der Waals surface area contributed by atoms with Crippen molar-refractivity contribution < 1.29 is 14.4 Å². The number of rotatable bonds is 5. The van der Waals surface area contributed by atoms with Crippen LogP contribution < -0.4 is 4.74 Å². The number of benzene rings is 3. The molecule has 3 aromatic rings. The summed E-state index contributed by atoms with van der Waals surface area (Å²) in [5.74, 6) is 0.805. The van der Waals surface area contributed by atoms with Gasteiger partial charge in [-0.05, 0) is 36.2 Å². The van der Waals surface area contributed by atoms with Crippen molar-refractivity contribution in [1.82, 2.24) is 4.90 Å². The molecule has 1 fully saturated rings. The lowest BCUT2D eigenvalue weighted by atomic mass is 9.74. The fraction of sp³-hybridized carbons (Fsp3) is 0.286. The fourth-order valence-corrected chi connectivity index (χ4v) is 4.78. The number of ether oxygens (including phenoxy) is 1. The van der Waals surface area contributed by atoms with Crippen LogP contribution in [0.2, 0.25) is 0 Å². The maximum Gasteiger partial charge on any atom is 0.540 e. The fourth-order valence-electron chi connectivity index (χ4n) is 4.78. The molecule has 0 radical (unpaired) electrons. The van der Waals surface area contributed by atoms with Gasteiger partial charge >= 0.3 is 6.16 Å². The third kappa shape index (κ3) is 5.32. The number of nitrogens with zero attached hydrogens (tertiary/aromatic N) is 2. The summed E-state index contributed by atoms with van der Waals surface area (Å²) in [4.78, 5) is 20.0. The molecule has 0 bridgehead atoms. The summed E-state index contributed by atoms with van der Waals surface area (Å²) in [6, 6.07) is 30.0. The maximum absolute atomic E-state index is 12.3. The van der Waals surface area contributed by atoms with E-state index < -0.39 is 6.16 Å². The van der Waals surface area contributed by atoms with Gasteiger partial charge < -0.3 is 4.74 Å². The largest absolute Gasteiger partial charge is 0.540 e. The first-order valence-corrected chi connectivity index (χ1v) is 11.4. The van der Waals surface area contributed by atoms with Crippen LogP contribution in [0.15, 0.2) is 96.2 Å². The maximum atomic E-state index is 12.3. The summed E-state index contributed by atoms with van der Waals surface area (Å²) in [7, 11) is 2.17. The number of likely N-dealkylation sites (tertiary alicyclic amines) is 1. The molecule has 0 aromatic heterocycles. The van der Waals surface area contributed by atoms with Gasteiger partial charge in [0.2, 0.25) is 0 Å². The van der Waals surface area contributed by atoms with Crippen molar-refractivity contribution in [3.63, 3.8) is 0 Å². The van der Waals surface area contributed by atoms with Crippen LogP contribution in [0.25, 0.3) is 0 Å². The Morgan fingerprint density at radius 1 is 0.879 bits per heavy atom. The van der Waals surface area contributed by atoms with E-state index in [2.05, 4.69) is 79.5 Å². The SMILES string of the molecule is CC(C)C1/C(=N/OC(=O)Oc2ccccc2)CC(c2ccccc2)N(C)C1c1ccccc1. The Bertz CT molecular complexity index is 1070. The van der Waals surface area contributed by atoms with E-state index in [1.807, 2.05) is 18.2 Å². The Morgan fingerprint density at radius 3 is 2.00 bits per heavy atom. The van der Waals surface area contributed by atoms with Gasteiger partial charge in [0.25, 0.3) is 0 Å². The van der Waals surface area contributed by atoms with Gasteiger partial charge in [0.05, 0.1) is 5.71 Å². The van der Waals surface area contributed by atoms with Crippen LogP contribution in [-0.2, 0) is 4.84 Å². The Morgan fingerprint density at radius 2 is 1.42 bits per heavy atom. The number of oxime groups is 1. The molecule has 5 nitrogen and oxygen atoms in total. The number of para-hydroxylation sites is 1. The van der Waals surface area contributed by atoms with Crippen LogP contribution in [-0.4, -0.2) is 23.8 Å². The van der Waals surface area contributed by atoms with E-state index in [0.717, 1.165) is 5.71 Å². The van der Waals surface area contributed by atoms with E-state index >= 15 is 0 Å². The van der Waals surface area contributed by atoms with E-state index in [-0.39, 0.29) is 18.0 Å². The molecular formula is C28H30N2O3. The molecule has 1 heterocycles. The molecule has 0 spiro atoms. The van der Waals surface area contributed by atoms with Crippen LogP contribution in [0.3, 0.4) is 0 Å². The summed E-state index contributed by atoms with van der Waals surface area (Å²) in [6.45, 7) is 4.38. The molecule has 1 aliphatic heterocycles. The van der Waals surface area contributed by atoms with Crippen LogP contribution in [0.4, 0.5) is 4.79 Å². The van der Waals surface area contributed by atoms with Crippen LogP contribution in [0, 0.1) is 11.8 Å². The summed E-state index contributed by atoms with van der Waals surface area (Å²) in [5, 5.41) is 4.38. The molecule has 1 saturated heterocycles. The zero-order chi connectivity index (χ0) is 23.2. The Kier molecular flexibility index (Phi) is 7.20. The molecular weight excluding hydrogens is 412 g/mol. The quantitative estimate of drug-likeness (QED) is 0.192. The molecule has 0 aliphatic carbocycles. The normalized spacial score (nSPS) is 22.3. The number of carbonyl (C=O) groups is 1. The van der Waals surface area contributed by atoms with Gasteiger partial charge in [-0.2, -0.15) is 0 Å². The predicted octanol–water partition coefficient (Wildman–Crippen LogP) is 6.65. The second kappa shape index (κ2) is 10.5. The third-order valence-electron chi connectivity index (χ3n) is 6.28. The van der Waals surface area contributed by atoms with Crippen LogP contribution in [0.5, 0.6) is 5.75 Å². The number of hydrogen-bond donors (Lipinski definition) is 0. The van der Waals surface area contributed by atoms with E-state index in [0.29, 0.717) is 18.1 Å². The molecule has 5 heteroatoms. The first-order chi connectivity index (χ1) is 16.0. The van der Waals surface area contributed by atoms with Gasteiger partial charge in [0.1, 0.15) is 5.75 Å². The highest BCUT2D eigenvalue weighted by molar-refractivity contribution is 5.89. The summed E-state index contributed by atoms with van der Waals surface area (Å²) in [6.07, 6.45) is -0.159. The van der Waals surface area contributed by atoms with Crippen molar-refractivity contribution in [2.24, 2.45) is 17.0 Å². The van der Waals surface area contributed by atoms with Crippen molar-refractivity contribution in [3.8, 4) is 5.75 Å². The first-order valence-electron chi connectivity index (χ1n) is 11.4. The first kappa shape index (κ1) is 22.7. The monoisotopic (exact) mass is 442 g/mol. The Hall–Kier alpha value is -3.44. The second-order valence-corrected chi connectivity index (χ2v) is 8.76. The van der Waals surface area contributed by atoms with E-state index in [4.69, 9.17) is 9.57 Å². The lowest BCUT2D eigenvalue weighted by Gasteiger charge is -2.46. The molecule has 0 saturated carbocycles. The molecule has 33 heavy (non-hydrogen) atoms. The van der Waals surface area contributed by atoms with Gasteiger partial charge in [-0.25, -0.2) is 4.79 Å².